The first-order valence-corrected chi connectivity index (χ1v) is 7.11. The number of Topliss-reactive ketones (excluding diaryl/α,β-unsaturated/α-hetero) is 1. The van der Waals surface area contributed by atoms with Crippen LogP contribution < -0.4 is 9.47 Å². The predicted molar refractivity (Wildman–Crippen MR) is 81.6 cm³/mol. The lowest BCUT2D eigenvalue weighted by Gasteiger charge is -2.24. The highest BCUT2D eigenvalue weighted by Crippen LogP contribution is 2.38. The topological polar surface area (TPSA) is 55.8 Å². The van der Waals surface area contributed by atoms with E-state index in [1.165, 1.54) is 0 Å². The molecule has 0 spiro atoms. The summed E-state index contributed by atoms with van der Waals surface area (Å²) in [6, 6.07) is 5.65. The smallest absolute Gasteiger partial charge is 0.161 e. The Kier molecular flexibility index (Phi) is 4.68. The molecule has 1 N–H and O–H groups in total. The van der Waals surface area contributed by atoms with Gasteiger partial charge in [0.1, 0.15) is 5.78 Å². The Morgan fingerprint density at radius 1 is 1.33 bits per heavy atom. The fourth-order valence-electron chi connectivity index (χ4n) is 2.70. The molecule has 0 heterocycles. The quantitative estimate of drug-likeness (QED) is 0.906. The second-order valence-corrected chi connectivity index (χ2v) is 5.62. The molecule has 1 aromatic rings. The number of benzene rings is 1. The van der Waals surface area contributed by atoms with Gasteiger partial charge in [-0.3, -0.25) is 4.79 Å². The lowest BCUT2D eigenvalue weighted by atomic mass is 9.82. The second kappa shape index (κ2) is 6.31. The molecule has 1 aromatic carbocycles. The summed E-state index contributed by atoms with van der Waals surface area (Å²) in [5.41, 5.74) is 0.323. The van der Waals surface area contributed by atoms with Crippen LogP contribution in [0.3, 0.4) is 0 Å². The van der Waals surface area contributed by atoms with E-state index in [-0.39, 0.29) is 5.78 Å². The number of hydrogen-bond donors (Lipinski definition) is 1. The van der Waals surface area contributed by atoms with Crippen molar-refractivity contribution in [3.63, 3.8) is 0 Å². The minimum Gasteiger partial charge on any atom is -0.493 e. The Labute approximate surface area is 125 Å². The molecular weight excluding hydrogens is 268 g/mol. The van der Waals surface area contributed by atoms with Gasteiger partial charge in [-0.25, -0.2) is 0 Å². The number of aliphatic hydroxyl groups excluding tert-OH is 1. The molecule has 0 aromatic heterocycles. The van der Waals surface area contributed by atoms with E-state index in [9.17, 15) is 9.90 Å². The lowest BCUT2D eigenvalue weighted by Crippen LogP contribution is -2.32. The monoisotopic (exact) mass is 290 g/mol. The summed E-state index contributed by atoms with van der Waals surface area (Å²) in [6.45, 7) is 1.84. The van der Waals surface area contributed by atoms with Gasteiger partial charge in [0.15, 0.2) is 11.5 Å². The Balaban J connectivity index is 2.10. The molecule has 2 rings (SSSR count). The van der Waals surface area contributed by atoms with E-state index in [0.717, 1.165) is 5.56 Å². The Hall–Kier alpha value is -1.81. The van der Waals surface area contributed by atoms with Crippen LogP contribution >= 0.6 is 0 Å². The maximum atomic E-state index is 11.9. The third-order valence-corrected chi connectivity index (χ3v) is 4.28. The number of rotatable bonds is 5. The molecule has 114 valence electrons. The number of aliphatic hydroxyl groups is 1. The van der Waals surface area contributed by atoms with Crippen molar-refractivity contribution in [3.8, 4) is 11.5 Å². The fourth-order valence-corrected chi connectivity index (χ4v) is 2.70. The summed E-state index contributed by atoms with van der Waals surface area (Å²) in [4.78, 5) is 11.9. The first kappa shape index (κ1) is 15.6. The number of ketones is 1. The molecular formula is C17H22O4. The van der Waals surface area contributed by atoms with Gasteiger partial charge in [-0.2, -0.15) is 0 Å². The van der Waals surface area contributed by atoms with Crippen LogP contribution in [0.25, 0.3) is 6.08 Å². The first-order valence-electron chi connectivity index (χ1n) is 7.11. The third kappa shape index (κ3) is 3.10. The van der Waals surface area contributed by atoms with Crippen molar-refractivity contribution >= 4 is 11.9 Å². The van der Waals surface area contributed by atoms with E-state index in [1.54, 1.807) is 14.2 Å². The van der Waals surface area contributed by atoms with Crippen LogP contribution in [0, 0.1) is 5.41 Å². The number of carbonyl (C=O) groups is 1. The number of methoxy groups -OCH3 is 2. The van der Waals surface area contributed by atoms with Gasteiger partial charge in [0.2, 0.25) is 0 Å². The zero-order chi connectivity index (χ0) is 15.5. The summed E-state index contributed by atoms with van der Waals surface area (Å²) < 4.78 is 10.5. The summed E-state index contributed by atoms with van der Waals surface area (Å²) >= 11 is 0. The maximum Gasteiger partial charge on any atom is 0.161 e. The SMILES string of the molecule is COc1ccc(/C=C/C[C@]2(C)C(=O)CC[C@@H]2O)cc1OC. The van der Waals surface area contributed by atoms with Gasteiger partial charge >= 0.3 is 0 Å². The van der Waals surface area contributed by atoms with E-state index in [4.69, 9.17) is 9.47 Å². The van der Waals surface area contributed by atoms with Gasteiger partial charge in [-0.05, 0) is 37.5 Å². The Morgan fingerprint density at radius 3 is 2.62 bits per heavy atom. The van der Waals surface area contributed by atoms with Crippen LogP contribution in [0.2, 0.25) is 0 Å². The van der Waals surface area contributed by atoms with E-state index in [2.05, 4.69) is 0 Å². The summed E-state index contributed by atoms with van der Waals surface area (Å²) in [5.74, 6) is 1.50. The third-order valence-electron chi connectivity index (χ3n) is 4.28. The molecule has 4 nitrogen and oxygen atoms in total. The van der Waals surface area contributed by atoms with Crippen LogP contribution in [0.5, 0.6) is 11.5 Å². The fraction of sp³-hybridized carbons (Fsp3) is 0.471. The van der Waals surface area contributed by atoms with Crippen molar-refractivity contribution in [1.29, 1.82) is 0 Å². The summed E-state index contributed by atoms with van der Waals surface area (Å²) in [5, 5.41) is 9.98. The molecule has 1 fully saturated rings. The molecule has 0 amide bonds. The minimum absolute atomic E-state index is 0.145. The number of allylic oxidation sites excluding steroid dienone is 1. The zero-order valence-electron chi connectivity index (χ0n) is 12.8. The second-order valence-electron chi connectivity index (χ2n) is 5.62. The van der Waals surface area contributed by atoms with Crippen molar-refractivity contribution in [2.75, 3.05) is 14.2 Å². The standard InChI is InChI=1S/C17H22O4/c1-17(15(18)8-9-16(17)19)10-4-5-12-6-7-13(20-2)14(11-12)21-3/h4-7,11,15,18H,8-10H2,1-3H3/b5-4+/t15-,17-/m0/s1. The first-order chi connectivity index (χ1) is 10.0. The van der Waals surface area contributed by atoms with Crippen molar-refractivity contribution in [2.24, 2.45) is 5.41 Å². The number of carbonyl (C=O) groups excluding carboxylic acids is 1. The van der Waals surface area contributed by atoms with Crippen LogP contribution in [0.15, 0.2) is 24.3 Å². The Morgan fingerprint density at radius 2 is 2.05 bits per heavy atom. The van der Waals surface area contributed by atoms with Crippen molar-refractivity contribution in [1.82, 2.24) is 0 Å². The van der Waals surface area contributed by atoms with E-state index < -0.39 is 11.5 Å². The number of hydrogen-bond acceptors (Lipinski definition) is 4. The molecule has 0 unspecified atom stereocenters. The molecule has 4 heteroatoms. The number of ether oxygens (including phenoxy) is 2. The average molecular weight is 290 g/mol. The van der Waals surface area contributed by atoms with Crippen LogP contribution in [0.1, 0.15) is 31.7 Å². The van der Waals surface area contributed by atoms with Gasteiger partial charge in [-0.1, -0.05) is 18.2 Å². The van der Waals surface area contributed by atoms with Crippen molar-refractivity contribution in [3.05, 3.63) is 29.8 Å². The minimum atomic E-state index is -0.646. The molecule has 21 heavy (non-hydrogen) atoms. The van der Waals surface area contributed by atoms with Gasteiger partial charge in [0.25, 0.3) is 0 Å². The largest absolute Gasteiger partial charge is 0.493 e. The van der Waals surface area contributed by atoms with Gasteiger partial charge < -0.3 is 14.6 Å². The van der Waals surface area contributed by atoms with Crippen LogP contribution in [0.4, 0.5) is 0 Å². The maximum absolute atomic E-state index is 11.9. The van der Waals surface area contributed by atoms with E-state index >= 15 is 0 Å². The van der Waals surface area contributed by atoms with Gasteiger partial charge in [-0.15, -0.1) is 0 Å². The summed E-state index contributed by atoms with van der Waals surface area (Å²) in [6.07, 6.45) is 4.92. The normalized spacial score (nSPS) is 25.5. The molecule has 1 aliphatic carbocycles. The van der Waals surface area contributed by atoms with Crippen LogP contribution in [-0.2, 0) is 4.79 Å². The van der Waals surface area contributed by atoms with Crippen molar-refractivity contribution < 1.29 is 19.4 Å². The molecule has 0 saturated heterocycles. The molecule has 0 aliphatic heterocycles. The highest BCUT2D eigenvalue weighted by molar-refractivity contribution is 5.87. The highest BCUT2D eigenvalue weighted by Gasteiger charge is 2.44. The van der Waals surface area contributed by atoms with Gasteiger partial charge in [0, 0.05) is 6.42 Å². The van der Waals surface area contributed by atoms with E-state index in [0.29, 0.717) is 30.8 Å². The van der Waals surface area contributed by atoms with Crippen molar-refractivity contribution in [2.45, 2.75) is 32.3 Å². The Bertz CT molecular complexity index is 550. The summed E-state index contributed by atoms with van der Waals surface area (Å²) in [7, 11) is 3.20. The van der Waals surface area contributed by atoms with E-state index in [1.807, 2.05) is 37.3 Å². The predicted octanol–water partition coefficient (Wildman–Crippen LogP) is 2.84. The lowest BCUT2D eigenvalue weighted by molar-refractivity contribution is -0.127. The zero-order valence-corrected chi connectivity index (χ0v) is 12.8. The molecule has 1 aliphatic rings. The molecule has 0 radical (unpaired) electrons. The average Bonchev–Trinajstić information content (AvgIpc) is 2.75. The van der Waals surface area contributed by atoms with Gasteiger partial charge in [0.05, 0.1) is 25.7 Å². The molecule has 0 bridgehead atoms. The highest BCUT2D eigenvalue weighted by atomic mass is 16.5. The molecule has 1 saturated carbocycles. The molecule has 2 atom stereocenters. The van der Waals surface area contributed by atoms with Crippen LogP contribution in [-0.4, -0.2) is 31.2 Å².